The SMILES string of the molecule is COC(=O)C1=C(C)OC(N)=C(C(=O)OC(C)(C)C)C12C(=O)Nc1ccccc12. The van der Waals surface area contributed by atoms with Crippen molar-refractivity contribution in [1.29, 1.82) is 0 Å². The number of carbonyl (C=O) groups is 3. The van der Waals surface area contributed by atoms with E-state index >= 15 is 0 Å². The Morgan fingerprint density at radius 2 is 1.79 bits per heavy atom. The Morgan fingerprint density at radius 1 is 1.14 bits per heavy atom. The lowest BCUT2D eigenvalue weighted by molar-refractivity contribution is -0.152. The second-order valence-corrected chi connectivity index (χ2v) is 7.52. The summed E-state index contributed by atoms with van der Waals surface area (Å²) in [5.74, 6) is -2.50. The van der Waals surface area contributed by atoms with Gasteiger partial charge < -0.3 is 25.3 Å². The Labute approximate surface area is 162 Å². The first-order valence-electron chi connectivity index (χ1n) is 8.66. The highest BCUT2D eigenvalue weighted by Gasteiger charge is 2.61. The molecular formula is C20H22N2O6. The summed E-state index contributed by atoms with van der Waals surface area (Å²) in [5.41, 5.74) is 3.84. The van der Waals surface area contributed by atoms with Crippen LogP contribution in [-0.2, 0) is 34.0 Å². The van der Waals surface area contributed by atoms with E-state index in [-0.39, 0.29) is 22.8 Å². The Hall–Kier alpha value is -3.29. The van der Waals surface area contributed by atoms with E-state index in [0.29, 0.717) is 11.3 Å². The first kappa shape index (κ1) is 19.5. The van der Waals surface area contributed by atoms with Gasteiger partial charge in [0.25, 0.3) is 0 Å². The molecule has 148 valence electrons. The monoisotopic (exact) mass is 386 g/mol. The number of rotatable bonds is 2. The van der Waals surface area contributed by atoms with Gasteiger partial charge in [0.2, 0.25) is 11.8 Å². The van der Waals surface area contributed by atoms with Crippen LogP contribution >= 0.6 is 0 Å². The van der Waals surface area contributed by atoms with E-state index in [2.05, 4.69) is 5.32 Å². The molecule has 0 bridgehead atoms. The normalized spacial score (nSPS) is 21.2. The summed E-state index contributed by atoms with van der Waals surface area (Å²) in [5, 5.41) is 2.72. The van der Waals surface area contributed by atoms with Crippen LogP contribution in [0.4, 0.5) is 5.69 Å². The molecule has 1 spiro atoms. The summed E-state index contributed by atoms with van der Waals surface area (Å²) in [7, 11) is 1.18. The largest absolute Gasteiger partial charge is 0.466 e. The Morgan fingerprint density at radius 3 is 2.39 bits per heavy atom. The zero-order valence-corrected chi connectivity index (χ0v) is 16.3. The summed E-state index contributed by atoms with van der Waals surface area (Å²) in [6.45, 7) is 6.54. The van der Waals surface area contributed by atoms with Gasteiger partial charge in [0.15, 0.2) is 0 Å². The van der Waals surface area contributed by atoms with E-state index in [1.165, 1.54) is 14.0 Å². The van der Waals surface area contributed by atoms with Crippen LogP contribution in [0.15, 0.2) is 47.1 Å². The van der Waals surface area contributed by atoms with Crippen molar-refractivity contribution in [3.05, 3.63) is 52.6 Å². The Balaban J connectivity index is 2.36. The van der Waals surface area contributed by atoms with Gasteiger partial charge >= 0.3 is 11.9 Å². The molecule has 3 rings (SSSR count). The molecule has 2 aliphatic rings. The third-order valence-electron chi connectivity index (χ3n) is 4.52. The number of amides is 1. The lowest BCUT2D eigenvalue weighted by Crippen LogP contribution is -2.49. The van der Waals surface area contributed by atoms with Crippen molar-refractivity contribution >= 4 is 23.5 Å². The van der Waals surface area contributed by atoms with E-state index in [0.717, 1.165) is 0 Å². The van der Waals surface area contributed by atoms with E-state index in [9.17, 15) is 14.4 Å². The Kier molecular flexibility index (Phi) is 4.45. The predicted octanol–water partition coefficient (Wildman–Crippen LogP) is 1.87. The summed E-state index contributed by atoms with van der Waals surface area (Å²) in [4.78, 5) is 39.1. The number of methoxy groups -OCH3 is 1. The fourth-order valence-corrected chi connectivity index (χ4v) is 3.58. The third-order valence-corrected chi connectivity index (χ3v) is 4.52. The van der Waals surface area contributed by atoms with Crippen LogP contribution in [0.1, 0.15) is 33.3 Å². The van der Waals surface area contributed by atoms with Crippen LogP contribution in [0.2, 0.25) is 0 Å². The van der Waals surface area contributed by atoms with Crippen molar-refractivity contribution < 1.29 is 28.6 Å². The van der Waals surface area contributed by atoms with E-state index in [4.69, 9.17) is 19.9 Å². The minimum atomic E-state index is -1.83. The lowest BCUT2D eigenvalue weighted by Gasteiger charge is -2.36. The molecule has 0 aromatic heterocycles. The molecule has 2 heterocycles. The van der Waals surface area contributed by atoms with Crippen LogP contribution in [0.25, 0.3) is 0 Å². The number of hydrogen-bond acceptors (Lipinski definition) is 7. The second kappa shape index (κ2) is 6.40. The topological polar surface area (TPSA) is 117 Å². The summed E-state index contributed by atoms with van der Waals surface area (Å²) in [6.07, 6.45) is 0. The molecular weight excluding hydrogens is 364 g/mol. The van der Waals surface area contributed by atoms with Crippen LogP contribution < -0.4 is 11.1 Å². The maximum Gasteiger partial charge on any atom is 0.341 e. The van der Waals surface area contributed by atoms with Crippen molar-refractivity contribution in [1.82, 2.24) is 0 Å². The highest BCUT2D eigenvalue weighted by atomic mass is 16.6. The van der Waals surface area contributed by atoms with Gasteiger partial charge in [-0.25, -0.2) is 9.59 Å². The number of allylic oxidation sites excluding steroid dienone is 1. The average Bonchev–Trinajstić information content (AvgIpc) is 2.85. The fourth-order valence-electron chi connectivity index (χ4n) is 3.58. The summed E-state index contributed by atoms with van der Waals surface area (Å²) < 4.78 is 15.9. The van der Waals surface area contributed by atoms with Gasteiger partial charge in [-0.15, -0.1) is 0 Å². The molecule has 1 aromatic carbocycles. The highest BCUT2D eigenvalue weighted by Crippen LogP contribution is 2.52. The van der Waals surface area contributed by atoms with Gasteiger partial charge in [-0.1, -0.05) is 18.2 Å². The van der Waals surface area contributed by atoms with Gasteiger partial charge in [-0.05, 0) is 33.8 Å². The minimum absolute atomic E-state index is 0.0727. The molecule has 28 heavy (non-hydrogen) atoms. The molecule has 1 unspecified atom stereocenters. The van der Waals surface area contributed by atoms with Gasteiger partial charge in [0.05, 0.1) is 7.11 Å². The first-order valence-corrected chi connectivity index (χ1v) is 8.66. The molecule has 0 saturated heterocycles. The Bertz CT molecular complexity index is 954. The lowest BCUT2D eigenvalue weighted by atomic mass is 9.67. The van der Waals surface area contributed by atoms with Crippen molar-refractivity contribution in [3.8, 4) is 0 Å². The molecule has 1 amide bonds. The maximum absolute atomic E-state index is 13.3. The second-order valence-electron chi connectivity index (χ2n) is 7.52. The van der Waals surface area contributed by atoms with Crippen molar-refractivity contribution in [2.45, 2.75) is 38.7 Å². The number of esters is 2. The number of nitrogens with one attached hydrogen (secondary N) is 1. The van der Waals surface area contributed by atoms with Gasteiger partial charge in [-0.2, -0.15) is 0 Å². The number of fused-ring (bicyclic) bond motifs is 2. The number of nitrogens with two attached hydrogens (primary N) is 1. The van der Waals surface area contributed by atoms with Crippen LogP contribution in [0, 0.1) is 0 Å². The predicted molar refractivity (Wildman–Crippen MR) is 99.6 cm³/mol. The number of anilines is 1. The number of ether oxygens (including phenoxy) is 3. The molecule has 1 aromatic rings. The highest BCUT2D eigenvalue weighted by molar-refractivity contribution is 6.21. The summed E-state index contributed by atoms with van der Waals surface area (Å²) in [6, 6.07) is 6.74. The molecule has 2 aliphatic heterocycles. The fraction of sp³-hybridized carbons (Fsp3) is 0.350. The molecule has 1 atom stereocenters. The number of hydrogen-bond donors (Lipinski definition) is 2. The average molecular weight is 386 g/mol. The number of para-hydroxylation sites is 1. The molecule has 0 radical (unpaired) electrons. The van der Waals surface area contributed by atoms with E-state index < -0.39 is 28.9 Å². The summed E-state index contributed by atoms with van der Waals surface area (Å²) >= 11 is 0. The first-order chi connectivity index (χ1) is 13.0. The van der Waals surface area contributed by atoms with Crippen molar-refractivity contribution in [3.63, 3.8) is 0 Å². The van der Waals surface area contributed by atoms with Crippen molar-refractivity contribution in [2.24, 2.45) is 5.73 Å². The maximum atomic E-state index is 13.3. The molecule has 8 nitrogen and oxygen atoms in total. The van der Waals surface area contributed by atoms with Gasteiger partial charge in [-0.3, -0.25) is 4.79 Å². The van der Waals surface area contributed by atoms with Crippen LogP contribution in [0.3, 0.4) is 0 Å². The smallest absolute Gasteiger partial charge is 0.341 e. The zero-order valence-electron chi connectivity index (χ0n) is 16.3. The molecule has 0 fully saturated rings. The van der Waals surface area contributed by atoms with E-state index in [1.54, 1.807) is 45.0 Å². The molecule has 0 saturated carbocycles. The quantitative estimate of drug-likeness (QED) is 0.745. The minimum Gasteiger partial charge on any atom is -0.466 e. The van der Waals surface area contributed by atoms with E-state index in [1.807, 2.05) is 0 Å². The zero-order chi connectivity index (χ0) is 20.9. The van der Waals surface area contributed by atoms with Crippen LogP contribution in [0.5, 0.6) is 0 Å². The standard InChI is InChI=1S/C20H22N2O6/c1-10-13(16(23)26-5)20(11-8-6-7-9-12(11)22-18(20)25)14(15(21)27-10)17(24)28-19(2,3)4/h6-9H,21H2,1-5H3,(H,22,25). The number of benzene rings is 1. The van der Waals surface area contributed by atoms with Crippen molar-refractivity contribution in [2.75, 3.05) is 12.4 Å². The molecule has 3 N–H and O–H groups in total. The van der Waals surface area contributed by atoms with Crippen LogP contribution in [-0.4, -0.2) is 30.6 Å². The number of carbonyl (C=O) groups excluding carboxylic acids is 3. The molecule has 8 heteroatoms. The van der Waals surface area contributed by atoms with Gasteiger partial charge in [0.1, 0.15) is 27.9 Å². The van der Waals surface area contributed by atoms with Gasteiger partial charge in [0, 0.05) is 11.3 Å². The third kappa shape index (κ3) is 2.72. The molecule has 0 aliphatic carbocycles.